The van der Waals surface area contributed by atoms with Crippen LogP contribution in [0.2, 0.25) is 0 Å². The zero-order valence-electron chi connectivity index (χ0n) is 10.8. The van der Waals surface area contributed by atoms with E-state index >= 15 is 0 Å². The zero-order chi connectivity index (χ0) is 14.6. The van der Waals surface area contributed by atoms with Crippen molar-refractivity contribution in [1.29, 1.82) is 0 Å². The monoisotopic (exact) mass is 299 g/mol. The molecule has 1 aromatic heterocycles. The van der Waals surface area contributed by atoms with Gasteiger partial charge in [-0.15, -0.1) is 0 Å². The molecule has 2 rings (SSSR count). The molecule has 1 heterocycles. The summed E-state index contributed by atoms with van der Waals surface area (Å²) in [6.07, 6.45) is 2.92. The van der Waals surface area contributed by atoms with Crippen molar-refractivity contribution in [3.8, 4) is 0 Å². The van der Waals surface area contributed by atoms with E-state index in [2.05, 4.69) is 0 Å². The predicted molar refractivity (Wildman–Crippen MR) is 68.0 cm³/mol. The standard InChI is InChI=1S/C12H17N3O4S/c16-8-6-13-10-14(7-9-17)15(11-13)20(18,19)12-4-2-1-3-5-12/h1-5,10-11,16-17H,6-9H2/q+2. The van der Waals surface area contributed by atoms with Crippen molar-refractivity contribution < 1.29 is 27.9 Å². The van der Waals surface area contributed by atoms with Crippen LogP contribution in [0.4, 0.5) is 0 Å². The molecule has 0 spiro atoms. The van der Waals surface area contributed by atoms with Crippen LogP contribution in [0.25, 0.3) is 0 Å². The number of hydrogen-bond acceptors (Lipinski definition) is 4. The summed E-state index contributed by atoms with van der Waals surface area (Å²) >= 11 is 0. The average molecular weight is 299 g/mol. The van der Waals surface area contributed by atoms with Crippen LogP contribution < -0.4 is 9.25 Å². The highest BCUT2D eigenvalue weighted by Gasteiger charge is 2.33. The predicted octanol–water partition coefficient (Wildman–Crippen LogP) is -1.72. The summed E-state index contributed by atoms with van der Waals surface area (Å²) in [5, 5.41) is 18.0. The smallest absolute Gasteiger partial charge is 0.391 e. The fourth-order valence-electron chi connectivity index (χ4n) is 1.84. The second-order valence-corrected chi connectivity index (χ2v) is 5.97. The molecule has 0 atom stereocenters. The van der Waals surface area contributed by atoms with E-state index in [0.717, 1.165) is 4.09 Å². The van der Waals surface area contributed by atoms with E-state index in [-0.39, 0.29) is 31.2 Å². The van der Waals surface area contributed by atoms with E-state index in [1.165, 1.54) is 29.5 Å². The molecule has 0 amide bonds. The number of benzene rings is 1. The van der Waals surface area contributed by atoms with Gasteiger partial charge in [0.2, 0.25) is 0 Å². The Bertz CT molecular complexity index is 667. The summed E-state index contributed by atoms with van der Waals surface area (Å²) in [5.41, 5.74) is 0. The van der Waals surface area contributed by atoms with Gasteiger partial charge in [0.25, 0.3) is 0 Å². The van der Waals surface area contributed by atoms with Gasteiger partial charge in [-0.1, -0.05) is 18.2 Å². The van der Waals surface area contributed by atoms with Crippen LogP contribution in [0, 0.1) is 0 Å². The van der Waals surface area contributed by atoms with Gasteiger partial charge in [0.05, 0.1) is 17.3 Å². The third-order valence-corrected chi connectivity index (χ3v) is 4.42. The molecule has 2 N–H and O–H groups in total. The molecule has 20 heavy (non-hydrogen) atoms. The van der Waals surface area contributed by atoms with Crippen LogP contribution in [0.5, 0.6) is 0 Å². The van der Waals surface area contributed by atoms with Crippen LogP contribution in [-0.2, 0) is 23.1 Å². The molecular formula is C12H17N3O4S+2. The summed E-state index contributed by atoms with van der Waals surface area (Å²) in [4.78, 5) is 0.165. The lowest BCUT2D eigenvalue weighted by atomic mass is 10.4. The number of aromatic nitrogens is 3. The van der Waals surface area contributed by atoms with Crippen molar-refractivity contribution in [2.45, 2.75) is 18.0 Å². The Morgan fingerprint density at radius 1 is 1.05 bits per heavy atom. The number of aliphatic hydroxyl groups is 2. The van der Waals surface area contributed by atoms with E-state index in [0.29, 0.717) is 0 Å². The quantitative estimate of drug-likeness (QED) is 0.622. The third-order valence-electron chi connectivity index (χ3n) is 2.76. The second kappa shape index (κ2) is 6.12. The Balaban J connectivity index is 2.50. The van der Waals surface area contributed by atoms with Crippen molar-refractivity contribution in [2.75, 3.05) is 13.2 Å². The first-order chi connectivity index (χ1) is 9.59. The lowest BCUT2D eigenvalue weighted by Gasteiger charge is -1.97. The zero-order valence-corrected chi connectivity index (χ0v) is 11.6. The van der Waals surface area contributed by atoms with Gasteiger partial charge in [0.1, 0.15) is 11.4 Å². The summed E-state index contributed by atoms with van der Waals surface area (Å²) in [6, 6.07) is 8.05. The van der Waals surface area contributed by atoms with Gasteiger partial charge < -0.3 is 10.2 Å². The molecule has 108 valence electrons. The van der Waals surface area contributed by atoms with Gasteiger partial charge in [-0.2, -0.15) is 13.0 Å². The van der Waals surface area contributed by atoms with Crippen molar-refractivity contribution in [2.24, 2.45) is 0 Å². The molecule has 0 saturated heterocycles. The van der Waals surface area contributed by atoms with E-state index in [1.807, 2.05) is 0 Å². The maximum atomic E-state index is 12.5. The number of hydrogen-bond donors (Lipinski definition) is 2. The second-order valence-electron chi connectivity index (χ2n) is 4.17. The van der Waals surface area contributed by atoms with E-state index < -0.39 is 10.0 Å². The SMILES string of the molecule is O=S(=O)(c1ccccc1)n1c[n+](CCO)c[n+]1CCO. The molecule has 0 saturated carbocycles. The summed E-state index contributed by atoms with van der Waals surface area (Å²) in [6.45, 7) is 0.143. The van der Waals surface area contributed by atoms with Crippen LogP contribution in [0.3, 0.4) is 0 Å². The minimum atomic E-state index is -3.72. The van der Waals surface area contributed by atoms with E-state index in [1.54, 1.807) is 22.8 Å². The van der Waals surface area contributed by atoms with Gasteiger partial charge in [0.15, 0.2) is 6.54 Å². The van der Waals surface area contributed by atoms with Gasteiger partial charge >= 0.3 is 22.7 Å². The molecule has 7 nitrogen and oxygen atoms in total. The summed E-state index contributed by atoms with van der Waals surface area (Å²) in [5.74, 6) is 0. The number of nitrogens with zero attached hydrogens (tertiary/aromatic N) is 3. The number of aliphatic hydroxyl groups excluding tert-OH is 2. The molecule has 0 unspecified atom stereocenters. The van der Waals surface area contributed by atoms with Gasteiger partial charge in [-0.05, 0) is 16.8 Å². The summed E-state index contributed by atoms with van der Waals surface area (Å²) in [7, 11) is -3.72. The van der Waals surface area contributed by atoms with Crippen LogP contribution in [0.1, 0.15) is 0 Å². The first-order valence-electron chi connectivity index (χ1n) is 6.13. The fourth-order valence-corrected chi connectivity index (χ4v) is 3.20. The molecule has 0 aliphatic carbocycles. The fraction of sp³-hybridized carbons (Fsp3) is 0.333. The van der Waals surface area contributed by atoms with Gasteiger partial charge in [-0.3, -0.25) is 0 Å². The van der Waals surface area contributed by atoms with Crippen LogP contribution in [-0.4, -0.2) is 35.9 Å². The van der Waals surface area contributed by atoms with Crippen molar-refractivity contribution in [3.63, 3.8) is 0 Å². The average Bonchev–Trinajstić information content (AvgIpc) is 2.84. The minimum absolute atomic E-state index is 0.0980. The Kier molecular flexibility index (Phi) is 4.48. The molecule has 0 bridgehead atoms. The van der Waals surface area contributed by atoms with E-state index in [9.17, 15) is 8.42 Å². The largest absolute Gasteiger partial charge is 0.398 e. The summed E-state index contributed by atoms with van der Waals surface area (Å²) < 4.78 is 29.1. The molecule has 2 aromatic rings. The molecule has 0 fully saturated rings. The first kappa shape index (κ1) is 14.6. The molecule has 0 radical (unpaired) electrons. The normalized spacial score (nSPS) is 11.7. The lowest BCUT2D eigenvalue weighted by Crippen LogP contribution is -2.47. The van der Waals surface area contributed by atoms with Crippen LogP contribution in [0.15, 0.2) is 47.9 Å². The minimum Gasteiger partial charge on any atom is -0.391 e. The van der Waals surface area contributed by atoms with E-state index in [4.69, 9.17) is 10.2 Å². The Morgan fingerprint density at radius 3 is 2.30 bits per heavy atom. The molecule has 0 aliphatic rings. The maximum Gasteiger partial charge on any atom is 0.398 e. The van der Waals surface area contributed by atoms with Crippen LogP contribution >= 0.6 is 0 Å². The highest BCUT2D eigenvalue weighted by Crippen LogP contribution is 2.09. The van der Waals surface area contributed by atoms with Gasteiger partial charge in [0, 0.05) is 0 Å². The Labute approximate surface area is 117 Å². The number of rotatable bonds is 6. The third kappa shape index (κ3) is 2.87. The van der Waals surface area contributed by atoms with Crippen molar-refractivity contribution in [3.05, 3.63) is 43.0 Å². The maximum absolute atomic E-state index is 12.5. The topological polar surface area (TPSA) is 87.3 Å². The van der Waals surface area contributed by atoms with Crippen molar-refractivity contribution >= 4 is 10.0 Å². The van der Waals surface area contributed by atoms with Crippen molar-refractivity contribution in [1.82, 2.24) is 4.09 Å². The molecular weight excluding hydrogens is 282 g/mol. The highest BCUT2D eigenvalue weighted by atomic mass is 32.2. The molecule has 0 aliphatic heterocycles. The molecule has 1 aromatic carbocycles. The lowest BCUT2D eigenvalue weighted by molar-refractivity contribution is -0.821. The Morgan fingerprint density at radius 2 is 1.70 bits per heavy atom. The van der Waals surface area contributed by atoms with Gasteiger partial charge in [-0.25, -0.2) is 0 Å². The Hall–Kier alpha value is -1.77. The highest BCUT2D eigenvalue weighted by molar-refractivity contribution is 7.89. The first-order valence-corrected chi connectivity index (χ1v) is 7.57. The molecule has 8 heteroatoms.